The largest absolute Gasteiger partial charge is 0.492 e. The van der Waals surface area contributed by atoms with Crippen molar-refractivity contribution in [2.75, 3.05) is 26.9 Å². The van der Waals surface area contributed by atoms with Gasteiger partial charge in [0.25, 0.3) is 0 Å². The predicted molar refractivity (Wildman–Crippen MR) is 73.9 cm³/mol. The van der Waals surface area contributed by atoms with Crippen LogP contribution in [0.3, 0.4) is 0 Å². The van der Waals surface area contributed by atoms with Crippen molar-refractivity contribution in [1.82, 2.24) is 5.32 Å². The summed E-state index contributed by atoms with van der Waals surface area (Å²) in [5, 5.41) is 3.18. The van der Waals surface area contributed by atoms with Crippen LogP contribution in [0.5, 0.6) is 5.75 Å². The summed E-state index contributed by atoms with van der Waals surface area (Å²) < 4.78 is 46.7. The number of rotatable bonds is 8. The van der Waals surface area contributed by atoms with E-state index in [-0.39, 0.29) is 6.61 Å². The van der Waals surface area contributed by atoms with Crippen molar-refractivity contribution in [3.8, 4) is 5.75 Å². The highest BCUT2D eigenvalue weighted by Gasteiger charge is 2.26. The van der Waals surface area contributed by atoms with E-state index in [1.807, 2.05) is 12.1 Å². The summed E-state index contributed by atoms with van der Waals surface area (Å²) in [6.07, 6.45) is -5.16. The third kappa shape index (κ3) is 7.12. The predicted octanol–water partition coefficient (Wildman–Crippen LogP) is 3.52. The molecule has 0 aliphatic rings. The SMILES string of the molecule is COCCNCc1ccc(OCCC(F)(F)F)c(Br)c1. The molecule has 0 aromatic heterocycles. The molecule has 0 unspecified atom stereocenters. The van der Waals surface area contributed by atoms with Gasteiger partial charge in [-0.3, -0.25) is 0 Å². The molecule has 1 aromatic carbocycles. The van der Waals surface area contributed by atoms with Crippen LogP contribution in [0.15, 0.2) is 22.7 Å². The normalized spacial score (nSPS) is 11.7. The smallest absolute Gasteiger partial charge is 0.392 e. The lowest BCUT2D eigenvalue weighted by Gasteiger charge is -2.11. The van der Waals surface area contributed by atoms with E-state index in [9.17, 15) is 13.2 Å². The summed E-state index contributed by atoms with van der Waals surface area (Å²) in [5.41, 5.74) is 1.01. The Morgan fingerprint density at radius 3 is 2.60 bits per heavy atom. The topological polar surface area (TPSA) is 30.5 Å². The number of alkyl halides is 3. The Bertz CT molecular complexity index is 413. The molecule has 0 saturated carbocycles. The summed E-state index contributed by atoms with van der Waals surface area (Å²) in [6.45, 7) is 1.64. The third-order valence-corrected chi connectivity index (χ3v) is 3.07. The van der Waals surface area contributed by atoms with Gasteiger partial charge in [-0.05, 0) is 33.6 Å². The molecule has 0 bridgehead atoms. The Balaban J connectivity index is 2.43. The molecule has 7 heteroatoms. The minimum Gasteiger partial charge on any atom is -0.492 e. The first-order chi connectivity index (χ1) is 9.42. The lowest BCUT2D eigenvalue weighted by molar-refractivity contribution is -0.139. The zero-order valence-corrected chi connectivity index (χ0v) is 12.7. The Morgan fingerprint density at radius 2 is 2.00 bits per heavy atom. The van der Waals surface area contributed by atoms with Crippen molar-refractivity contribution in [2.45, 2.75) is 19.1 Å². The van der Waals surface area contributed by atoms with Crippen molar-refractivity contribution in [1.29, 1.82) is 0 Å². The monoisotopic (exact) mass is 355 g/mol. The Kier molecular flexibility index (Phi) is 7.32. The van der Waals surface area contributed by atoms with Gasteiger partial charge in [0.05, 0.1) is 24.1 Å². The molecule has 1 rings (SSSR count). The van der Waals surface area contributed by atoms with E-state index >= 15 is 0 Å². The van der Waals surface area contributed by atoms with E-state index in [0.717, 1.165) is 12.1 Å². The highest BCUT2D eigenvalue weighted by Crippen LogP contribution is 2.27. The molecule has 1 N–H and O–H groups in total. The number of ether oxygens (including phenoxy) is 2. The molecule has 0 fully saturated rings. The first-order valence-corrected chi connectivity index (χ1v) is 6.89. The van der Waals surface area contributed by atoms with E-state index in [4.69, 9.17) is 9.47 Å². The van der Waals surface area contributed by atoms with Crippen molar-refractivity contribution in [2.24, 2.45) is 0 Å². The summed E-state index contributed by atoms with van der Waals surface area (Å²) in [6, 6.07) is 5.30. The van der Waals surface area contributed by atoms with Crippen molar-refractivity contribution in [3.05, 3.63) is 28.2 Å². The summed E-state index contributed by atoms with van der Waals surface area (Å²) in [5.74, 6) is 0.412. The Hall–Kier alpha value is -0.790. The second kappa shape index (κ2) is 8.49. The maximum absolute atomic E-state index is 12.0. The average molecular weight is 356 g/mol. The molecule has 114 valence electrons. The molecule has 0 atom stereocenters. The minimum absolute atomic E-state index is 0.381. The fourth-order valence-electron chi connectivity index (χ4n) is 1.46. The summed E-state index contributed by atoms with van der Waals surface area (Å²) >= 11 is 3.29. The number of benzene rings is 1. The van der Waals surface area contributed by atoms with Gasteiger partial charge in [0, 0.05) is 20.2 Å². The Morgan fingerprint density at radius 1 is 1.25 bits per heavy atom. The highest BCUT2D eigenvalue weighted by molar-refractivity contribution is 9.10. The van der Waals surface area contributed by atoms with Crippen LogP contribution in [0, 0.1) is 0 Å². The molecule has 0 spiro atoms. The lowest BCUT2D eigenvalue weighted by Crippen LogP contribution is -2.18. The maximum atomic E-state index is 12.0. The van der Waals surface area contributed by atoms with Crippen molar-refractivity contribution < 1.29 is 22.6 Å². The van der Waals surface area contributed by atoms with Crippen LogP contribution in [0.4, 0.5) is 13.2 Å². The molecule has 0 saturated heterocycles. The summed E-state index contributed by atoms with van der Waals surface area (Å²) in [7, 11) is 1.63. The zero-order chi connectivity index (χ0) is 15.0. The second-order valence-corrected chi connectivity index (χ2v) is 5.00. The number of nitrogens with one attached hydrogen (secondary N) is 1. The van der Waals surface area contributed by atoms with Crippen LogP contribution in [0.2, 0.25) is 0 Å². The molecule has 0 aliphatic heterocycles. The fraction of sp³-hybridized carbons (Fsp3) is 0.538. The van der Waals surface area contributed by atoms with E-state index in [2.05, 4.69) is 21.2 Å². The highest BCUT2D eigenvalue weighted by atomic mass is 79.9. The van der Waals surface area contributed by atoms with Crippen LogP contribution in [0.1, 0.15) is 12.0 Å². The molecule has 0 heterocycles. The van der Waals surface area contributed by atoms with Crippen LogP contribution in [-0.2, 0) is 11.3 Å². The van der Waals surface area contributed by atoms with Gasteiger partial charge in [-0.25, -0.2) is 0 Å². The third-order valence-electron chi connectivity index (χ3n) is 2.45. The lowest BCUT2D eigenvalue weighted by atomic mass is 10.2. The minimum atomic E-state index is -4.20. The Labute approximate surface area is 124 Å². The fourth-order valence-corrected chi connectivity index (χ4v) is 2.00. The quantitative estimate of drug-likeness (QED) is 0.723. The van der Waals surface area contributed by atoms with E-state index in [0.29, 0.717) is 23.4 Å². The first-order valence-electron chi connectivity index (χ1n) is 6.10. The van der Waals surface area contributed by atoms with Gasteiger partial charge in [-0.2, -0.15) is 13.2 Å². The number of halogens is 4. The molecule has 0 aliphatic carbocycles. The van der Waals surface area contributed by atoms with E-state index in [1.54, 1.807) is 13.2 Å². The molecular weight excluding hydrogens is 339 g/mol. The average Bonchev–Trinajstić information content (AvgIpc) is 2.36. The van der Waals surface area contributed by atoms with Gasteiger partial charge in [0.2, 0.25) is 0 Å². The second-order valence-electron chi connectivity index (χ2n) is 4.15. The number of methoxy groups -OCH3 is 1. The van der Waals surface area contributed by atoms with Gasteiger partial charge in [-0.15, -0.1) is 0 Å². The van der Waals surface area contributed by atoms with Crippen LogP contribution in [0.25, 0.3) is 0 Å². The molecule has 1 aromatic rings. The van der Waals surface area contributed by atoms with Crippen molar-refractivity contribution in [3.63, 3.8) is 0 Å². The molecule has 0 radical (unpaired) electrons. The maximum Gasteiger partial charge on any atom is 0.392 e. The van der Waals surface area contributed by atoms with E-state index < -0.39 is 12.6 Å². The van der Waals surface area contributed by atoms with E-state index in [1.165, 1.54) is 0 Å². The zero-order valence-electron chi connectivity index (χ0n) is 11.1. The molecule has 0 amide bonds. The first kappa shape index (κ1) is 17.3. The van der Waals surface area contributed by atoms with Gasteiger partial charge >= 0.3 is 6.18 Å². The number of hydrogen-bond donors (Lipinski definition) is 1. The van der Waals surface area contributed by atoms with Gasteiger partial charge in [-0.1, -0.05) is 6.07 Å². The van der Waals surface area contributed by atoms with Gasteiger partial charge < -0.3 is 14.8 Å². The molecule has 20 heavy (non-hydrogen) atoms. The van der Waals surface area contributed by atoms with Crippen molar-refractivity contribution >= 4 is 15.9 Å². The van der Waals surface area contributed by atoms with Gasteiger partial charge in [0.15, 0.2) is 0 Å². The van der Waals surface area contributed by atoms with Crippen LogP contribution < -0.4 is 10.1 Å². The van der Waals surface area contributed by atoms with Gasteiger partial charge in [0.1, 0.15) is 5.75 Å². The van der Waals surface area contributed by atoms with Crippen LogP contribution in [-0.4, -0.2) is 33.0 Å². The summed E-state index contributed by atoms with van der Waals surface area (Å²) in [4.78, 5) is 0. The standard InChI is InChI=1S/C13H17BrF3NO2/c1-19-7-5-18-9-10-2-3-12(11(14)8-10)20-6-4-13(15,16)17/h2-3,8,18H,4-7,9H2,1H3. The molecular formula is C13H17BrF3NO2. The molecule has 3 nitrogen and oxygen atoms in total. The number of hydrogen-bond acceptors (Lipinski definition) is 3. The van der Waals surface area contributed by atoms with Crippen LogP contribution >= 0.6 is 15.9 Å².